The normalized spacial score (nSPS) is 10.8. The Bertz CT molecular complexity index is 909. The lowest BCUT2D eigenvalue weighted by molar-refractivity contribution is 0.262. The molecule has 0 aliphatic carbocycles. The first-order valence-electron chi connectivity index (χ1n) is 7.20. The highest BCUT2D eigenvalue weighted by Gasteiger charge is 2.07. The number of halogens is 2. The molecule has 1 aromatic heterocycles. The Morgan fingerprint density at radius 3 is 2.48 bits per heavy atom. The number of benzene rings is 2. The van der Waals surface area contributed by atoms with Crippen molar-refractivity contribution < 1.29 is 4.79 Å². The summed E-state index contributed by atoms with van der Waals surface area (Å²) in [5.74, 6) is 0. The molecule has 0 fully saturated rings. The van der Waals surface area contributed by atoms with E-state index in [4.69, 9.17) is 23.2 Å². The summed E-state index contributed by atoms with van der Waals surface area (Å²) < 4.78 is 0. The summed E-state index contributed by atoms with van der Waals surface area (Å²) in [6.07, 6.45) is 3.64. The van der Waals surface area contributed by atoms with Crippen LogP contribution in [-0.4, -0.2) is 16.2 Å². The summed E-state index contributed by atoms with van der Waals surface area (Å²) in [6, 6.07) is 13.9. The second kappa shape index (κ2) is 8.11. The van der Waals surface area contributed by atoms with Gasteiger partial charge in [0.2, 0.25) is 5.13 Å². The molecular weight excluding hydrogens is 379 g/mol. The third-order valence-electron chi connectivity index (χ3n) is 3.07. The van der Waals surface area contributed by atoms with Gasteiger partial charge in [-0.1, -0.05) is 58.8 Å². The molecule has 0 aliphatic rings. The van der Waals surface area contributed by atoms with Crippen LogP contribution in [0.15, 0.2) is 48.5 Å². The van der Waals surface area contributed by atoms with E-state index in [1.807, 2.05) is 30.3 Å². The molecule has 8 heteroatoms. The Morgan fingerprint density at radius 2 is 1.72 bits per heavy atom. The lowest BCUT2D eigenvalue weighted by atomic mass is 10.2. The van der Waals surface area contributed by atoms with E-state index in [2.05, 4.69) is 20.8 Å². The lowest BCUT2D eigenvalue weighted by Gasteiger charge is -2.04. The fourth-order valence-corrected chi connectivity index (χ4v) is 2.88. The standard InChI is InChI=1S/C17H12Cl2N4OS/c18-12-6-8-13(9-7-12)20-16(24)21-17-23-22-15(25-17)10-5-11-3-1-2-4-14(11)19/h1-10H,(H2,20,21,23,24)/b10-5+. The average molecular weight is 391 g/mol. The zero-order chi connectivity index (χ0) is 17.6. The number of rotatable bonds is 4. The van der Waals surface area contributed by atoms with Gasteiger partial charge in [0, 0.05) is 15.7 Å². The maximum atomic E-state index is 11.9. The van der Waals surface area contributed by atoms with Gasteiger partial charge in [-0.2, -0.15) is 0 Å². The van der Waals surface area contributed by atoms with Gasteiger partial charge < -0.3 is 5.32 Å². The van der Waals surface area contributed by atoms with Gasteiger partial charge in [0.1, 0.15) is 5.01 Å². The van der Waals surface area contributed by atoms with E-state index in [-0.39, 0.29) is 0 Å². The summed E-state index contributed by atoms with van der Waals surface area (Å²) >= 11 is 13.2. The topological polar surface area (TPSA) is 66.9 Å². The Kier molecular flexibility index (Phi) is 5.65. The van der Waals surface area contributed by atoms with Crippen molar-refractivity contribution in [3.63, 3.8) is 0 Å². The second-order valence-corrected chi connectivity index (χ2v) is 6.74. The van der Waals surface area contributed by atoms with E-state index in [0.29, 0.717) is 25.9 Å². The minimum Gasteiger partial charge on any atom is -0.308 e. The van der Waals surface area contributed by atoms with Gasteiger partial charge in [-0.25, -0.2) is 4.79 Å². The summed E-state index contributed by atoms with van der Waals surface area (Å²) in [5.41, 5.74) is 1.51. The third-order valence-corrected chi connectivity index (χ3v) is 4.47. The van der Waals surface area contributed by atoms with Crippen LogP contribution in [0.1, 0.15) is 10.6 Å². The Labute approximate surface area is 158 Å². The minimum absolute atomic E-state index is 0.394. The number of hydrogen-bond donors (Lipinski definition) is 2. The predicted molar refractivity (Wildman–Crippen MR) is 104 cm³/mol. The van der Waals surface area contributed by atoms with Crippen LogP contribution in [0.4, 0.5) is 15.6 Å². The van der Waals surface area contributed by atoms with Crippen molar-refractivity contribution in [2.45, 2.75) is 0 Å². The molecule has 0 radical (unpaired) electrons. The summed E-state index contributed by atoms with van der Waals surface area (Å²) in [4.78, 5) is 11.9. The molecule has 0 saturated heterocycles. The monoisotopic (exact) mass is 390 g/mol. The highest BCUT2D eigenvalue weighted by molar-refractivity contribution is 7.16. The summed E-state index contributed by atoms with van der Waals surface area (Å²) in [5, 5.41) is 15.6. The van der Waals surface area contributed by atoms with E-state index in [1.165, 1.54) is 11.3 Å². The number of carbonyl (C=O) groups excluding carboxylic acids is 1. The van der Waals surface area contributed by atoms with Crippen molar-refractivity contribution in [2.24, 2.45) is 0 Å². The van der Waals surface area contributed by atoms with Crippen LogP contribution in [0, 0.1) is 0 Å². The van der Waals surface area contributed by atoms with Gasteiger partial charge in [0.15, 0.2) is 0 Å². The highest BCUT2D eigenvalue weighted by Crippen LogP contribution is 2.21. The van der Waals surface area contributed by atoms with Gasteiger partial charge in [-0.3, -0.25) is 5.32 Å². The summed E-state index contributed by atoms with van der Waals surface area (Å²) in [7, 11) is 0. The van der Waals surface area contributed by atoms with Crippen LogP contribution in [0.3, 0.4) is 0 Å². The SMILES string of the molecule is O=C(Nc1ccc(Cl)cc1)Nc1nnc(/C=C/c2ccccc2Cl)s1. The maximum absolute atomic E-state index is 11.9. The Morgan fingerprint density at radius 1 is 0.960 bits per heavy atom. The van der Waals surface area contributed by atoms with E-state index < -0.39 is 6.03 Å². The number of carbonyl (C=O) groups is 1. The van der Waals surface area contributed by atoms with Crippen molar-refractivity contribution in [1.29, 1.82) is 0 Å². The van der Waals surface area contributed by atoms with Gasteiger partial charge in [-0.05, 0) is 42.0 Å². The molecule has 5 nitrogen and oxygen atoms in total. The van der Waals surface area contributed by atoms with Crippen molar-refractivity contribution in [1.82, 2.24) is 10.2 Å². The number of urea groups is 1. The molecule has 0 bridgehead atoms. The molecule has 1 heterocycles. The molecule has 25 heavy (non-hydrogen) atoms. The molecule has 0 unspecified atom stereocenters. The molecule has 2 aromatic carbocycles. The highest BCUT2D eigenvalue weighted by atomic mass is 35.5. The van der Waals surface area contributed by atoms with Crippen LogP contribution in [0.2, 0.25) is 10.0 Å². The molecule has 3 aromatic rings. The molecule has 2 N–H and O–H groups in total. The maximum Gasteiger partial charge on any atom is 0.325 e. The molecule has 0 atom stereocenters. The van der Waals surface area contributed by atoms with Crippen LogP contribution >= 0.6 is 34.5 Å². The van der Waals surface area contributed by atoms with Crippen LogP contribution in [-0.2, 0) is 0 Å². The van der Waals surface area contributed by atoms with Crippen molar-refractivity contribution in [3.05, 3.63) is 69.1 Å². The van der Waals surface area contributed by atoms with Crippen molar-refractivity contribution in [3.8, 4) is 0 Å². The van der Waals surface area contributed by atoms with Crippen molar-refractivity contribution >= 4 is 63.5 Å². The van der Waals surface area contributed by atoms with E-state index >= 15 is 0 Å². The third kappa shape index (κ3) is 5.03. The molecule has 126 valence electrons. The van der Waals surface area contributed by atoms with Gasteiger partial charge in [0.25, 0.3) is 0 Å². The number of nitrogens with zero attached hydrogens (tertiary/aromatic N) is 2. The number of anilines is 2. The van der Waals surface area contributed by atoms with Crippen LogP contribution < -0.4 is 10.6 Å². The van der Waals surface area contributed by atoms with E-state index in [9.17, 15) is 4.79 Å². The zero-order valence-electron chi connectivity index (χ0n) is 12.7. The van der Waals surface area contributed by atoms with E-state index in [0.717, 1.165) is 5.56 Å². The van der Waals surface area contributed by atoms with E-state index in [1.54, 1.807) is 30.3 Å². The largest absolute Gasteiger partial charge is 0.325 e. The zero-order valence-corrected chi connectivity index (χ0v) is 15.1. The molecule has 0 saturated carbocycles. The van der Waals surface area contributed by atoms with Crippen LogP contribution in [0.5, 0.6) is 0 Å². The van der Waals surface area contributed by atoms with Gasteiger partial charge in [0.05, 0.1) is 0 Å². The Balaban J connectivity index is 1.60. The van der Waals surface area contributed by atoms with Crippen molar-refractivity contribution in [2.75, 3.05) is 10.6 Å². The smallest absolute Gasteiger partial charge is 0.308 e. The molecular formula is C17H12Cl2N4OS. The molecule has 2 amide bonds. The second-order valence-electron chi connectivity index (χ2n) is 4.89. The molecule has 3 rings (SSSR count). The summed E-state index contributed by atoms with van der Waals surface area (Å²) in [6.45, 7) is 0. The first-order valence-corrected chi connectivity index (χ1v) is 8.77. The average Bonchev–Trinajstić information content (AvgIpc) is 3.03. The minimum atomic E-state index is -0.403. The molecule has 0 spiro atoms. The fourth-order valence-electron chi connectivity index (χ4n) is 1.92. The number of aromatic nitrogens is 2. The fraction of sp³-hybridized carbons (Fsp3) is 0. The number of nitrogens with one attached hydrogen (secondary N) is 2. The first kappa shape index (κ1) is 17.4. The van der Waals surface area contributed by atoms with Gasteiger partial charge >= 0.3 is 6.03 Å². The Hall–Kier alpha value is -2.41. The van der Waals surface area contributed by atoms with Crippen LogP contribution in [0.25, 0.3) is 12.2 Å². The van der Waals surface area contributed by atoms with Gasteiger partial charge in [-0.15, -0.1) is 10.2 Å². The predicted octanol–water partition coefficient (Wildman–Crippen LogP) is 5.66. The number of amides is 2. The first-order chi connectivity index (χ1) is 12.1. The quantitative estimate of drug-likeness (QED) is 0.603. The molecule has 0 aliphatic heterocycles. The number of hydrogen-bond acceptors (Lipinski definition) is 4. The lowest BCUT2D eigenvalue weighted by Crippen LogP contribution is -2.19.